The first-order valence-electron chi connectivity index (χ1n) is 8.95. The lowest BCUT2D eigenvalue weighted by Crippen LogP contribution is -2.17. The Morgan fingerprint density at radius 2 is 1.70 bits per heavy atom. The molecule has 2 aromatic carbocycles. The van der Waals surface area contributed by atoms with Crippen LogP contribution in [0.25, 0.3) is 0 Å². The van der Waals surface area contributed by atoms with Crippen molar-refractivity contribution >= 4 is 17.5 Å². The van der Waals surface area contributed by atoms with Gasteiger partial charge in [0.15, 0.2) is 0 Å². The fraction of sp³-hybridized carbons (Fsp3) is 0.227. The Morgan fingerprint density at radius 3 is 2.44 bits per heavy atom. The summed E-state index contributed by atoms with van der Waals surface area (Å²) in [5.74, 6) is 0.204. The second-order valence-electron chi connectivity index (χ2n) is 6.77. The van der Waals surface area contributed by atoms with Gasteiger partial charge in [0, 0.05) is 17.9 Å². The molecule has 0 fully saturated rings. The largest absolute Gasteiger partial charge is 0.350 e. The monoisotopic (exact) mass is 360 g/mol. The SMILES string of the molecule is Cc1ccc(NC(=O)c2cc(C)nc(NCc3ccccc3C)n2)c(C)c1. The highest BCUT2D eigenvalue weighted by Crippen LogP contribution is 2.17. The Kier molecular flexibility index (Phi) is 5.50. The number of rotatable bonds is 5. The minimum Gasteiger partial charge on any atom is -0.350 e. The Morgan fingerprint density at radius 1 is 0.926 bits per heavy atom. The minimum absolute atomic E-state index is 0.244. The number of hydrogen-bond donors (Lipinski definition) is 2. The quantitative estimate of drug-likeness (QED) is 0.699. The van der Waals surface area contributed by atoms with Gasteiger partial charge in [0.1, 0.15) is 5.69 Å². The molecule has 5 nitrogen and oxygen atoms in total. The van der Waals surface area contributed by atoms with Crippen LogP contribution < -0.4 is 10.6 Å². The van der Waals surface area contributed by atoms with Crippen molar-refractivity contribution < 1.29 is 4.79 Å². The van der Waals surface area contributed by atoms with Crippen molar-refractivity contribution in [3.63, 3.8) is 0 Å². The summed E-state index contributed by atoms with van der Waals surface area (Å²) >= 11 is 0. The molecule has 1 aromatic heterocycles. The molecule has 2 N–H and O–H groups in total. The lowest BCUT2D eigenvalue weighted by molar-refractivity contribution is 0.102. The van der Waals surface area contributed by atoms with E-state index in [1.54, 1.807) is 6.07 Å². The van der Waals surface area contributed by atoms with Crippen molar-refractivity contribution in [2.24, 2.45) is 0 Å². The van der Waals surface area contributed by atoms with Gasteiger partial charge in [-0.2, -0.15) is 0 Å². The van der Waals surface area contributed by atoms with Gasteiger partial charge in [-0.05, 0) is 56.5 Å². The smallest absolute Gasteiger partial charge is 0.274 e. The van der Waals surface area contributed by atoms with Crippen LogP contribution in [0.5, 0.6) is 0 Å². The van der Waals surface area contributed by atoms with Crippen molar-refractivity contribution in [1.82, 2.24) is 9.97 Å². The van der Waals surface area contributed by atoms with Crippen LogP contribution in [0.3, 0.4) is 0 Å². The molecule has 0 saturated carbocycles. The van der Waals surface area contributed by atoms with Crippen LogP contribution in [0.2, 0.25) is 0 Å². The molecule has 3 aromatic rings. The summed E-state index contributed by atoms with van der Waals surface area (Å²) in [6, 6.07) is 15.8. The Labute approximate surface area is 159 Å². The Bertz CT molecular complexity index is 982. The molecule has 1 amide bonds. The number of anilines is 2. The van der Waals surface area contributed by atoms with Crippen molar-refractivity contribution in [2.75, 3.05) is 10.6 Å². The van der Waals surface area contributed by atoms with Gasteiger partial charge in [0.2, 0.25) is 5.95 Å². The molecule has 0 bridgehead atoms. The summed E-state index contributed by atoms with van der Waals surface area (Å²) in [7, 11) is 0. The molecule has 0 radical (unpaired) electrons. The van der Waals surface area contributed by atoms with E-state index in [2.05, 4.69) is 39.7 Å². The third kappa shape index (κ3) is 4.70. The predicted octanol–water partition coefficient (Wildman–Crippen LogP) is 4.57. The molecule has 138 valence electrons. The minimum atomic E-state index is -0.244. The maximum absolute atomic E-state index is 12.7. The highest BCUT2D eigenvalue weighted by atomic mass is 16.1. The molecule has 0 saturated heterocycles. The van der Waals surface area contributed by atoms with E-state index in [1.807, 2.05) is 51.1 Å². The van der Waals surface area contributed by atoms with Gasteiger partial charge in [0.05, 0.1) is 0 Å². The molecule has 0 aliphatic rings. The number of aryl methyl sites for hydroxylation is 4. The van der Waals surface area contributed by atoms with Crippen LogP contribution in [-0.2, 0) is 6.54 Å². The van der Waals surface area contributed by atoms with Gasteiger partial charge in [-0.3, -0.25) is 4.79 Å². The maximum Gasteiger partial charge on any atom is 0.274 e. The predicted molar refractivity (Wildman–Crippen MR) is 109 cm³/mol. The van der Waals surface area contributed by atoms with Crippen molar-refractivity contribution in [3.05, 3.63) is 82.2 Å². The summed E-state index contributed by atoms with van der Waals surface area (Å²) in [6.45, 7) is 8.53. The molecule has 27 heavy (non-hydrogen) atoms. The van der Waals surface area contributed by atoms with Crippen molar-refractivity contribution in [3.8, 4) is 0 Å². The van der Waals surface area contributed by atoms with Gasteiger partial charge in [0.25, 0.3) is 5.91 Å². The fourth-order valence-corrected chi connectivity index (χ4v) is 2.89. The first-order chi connectivity index (χ1) is 12.9. The highest BCUT2D eigenvalue weighted by Gasteiger charge is 2.12. The molecule has 0 aliphatic carbocycles. The zero-order valence-electron chi connectivity index (χ0n) is 16.1. The molecule has 0 atom stereocenters. The van der Waals surface area contributed by atoms with E-state index >= 15 is 0 Å². The number of carbonyl (C=O) groups is 1. The van der Waals surface area contributed by atoms with E-state index in [1.165, 1.54) is 11.1 Å². The summed E-state index contributed by atoms with van der Waals surface area (Å²) in [4.78, 5) is 21.4. The van der Waals surface area contributed by atoms with Crippen LogP contribution in [0.4, 0.5) is 11.6 Å². The number of hydrogen-bond acceptors (Lipinski definition) is 4. The van der Waals surface area contributed by atoms with Crippen LogP contribution in [0, 0.1) is 27.7 Å². The number of carbonyl (C=O) groups excluding carboxylic acids is 1. The normalized spacial score (nSPS) is 10.5. The third-order valence-corrected chi connectivity index (χ3v) is 4.42. The summed E-state index contributed by atoms with van der Waals surface area (Å²) in [5.41, 5.74) is 6.42. The van der Waals surface area contributed by atoms with E-state index in [4.69, 9.17) is 0 Å². The van der Waals surface area contributed by atoms with Gasteiger partial charge >= 0.3 is 0 Å². The second kappa shape index (κ2) is 7.99. The first kappa shape index (κ1) is 18.6. The topological polar surface area (TPSA) is 66.9 Å². The average molecular weight is 360 g/mol. The molecule has 0 unspecified atom stereocenters. The highest BCUT2D eigenvalue weighted by molar-refractivity contribution is 6.03. The molecule has 3 rings (SSSR count). The molecule has 1 heterocycles. The fourth-order valence-electron chi connectivity index (χ4n) is 2.89. The summed E-state index contributed by atoms with van der Waals surface area (Å²) in [5, 5.41) is 6.15. The number of benzene rings is 2. The number of nitrogens with zero attached hydrogens (tertiary/aromatic N) is 2. The molecular formula is C22H24N4O. The number of amides is 1. The van der Waals surface area contributed by atoms with Gasteiger partial charge < -0.3 is 10.6 Å². The van der Waals surface area contributed by atoms with Crippen LogP contribution in [-0.4, -0.2) is 15.9 Å². The zero-order chi connectivity index (χ0) is 19.4. The van der Waals surface area contributed by atoms with Gasteiger partial charge in [-0.25, -0.2) is 9.97 Å². The first-order valence-corrected chi connectivity index (χ1v) is 8.95. The standard InChI is InChI=1S/C22H24N4O/c1-14-9-10-19(16(3)11-14)25-21(27)20-12-17(4)24-22(26-20)23-13-18-8-6-5-7-15(18)2/h5-12H,13H2,1-4H3,(H,25,27)(H,23,24,26). The molecule has 5 heteroatoms. The van der Waals surface area contributed by atoms with E-state index in [0.717, 1.165) is 22.5 Å². The molecule has 0 aliphatic heterocycles. The van der Waals surface area contributed by atoms with Crippen LogP contribution >= 0.6 is 0 Å². The lowest BCUT2D eigenvalue weighted by atomic mass is 10.1. The average Bonchev–Trinajstić information content (AvgIpc) is 2.63. The van der Waals surface area contributed by atoms with Gasteiger partial charge in [-0.1, -0.05) is 42.0 Å². The van der Waals surface area contributed by atoms with Gasteiger partial charge in [-0.15, -0.1) is 0 Å². The molecule has 0 spiro atoms. The van der Waals surface area contributed by atoms with Crippen LogP contribution in [0.1, 0.15) is 38.4 Å². The number of aromatic nitrogens is 2. The van der Waals surface area contributed by atoms with E-state index in [9.17, 15) is 4.79 Å². The van der Waals surface area contributed by atoms with E-state index in [-0.39, 0.29) is 5.91 Å². The van der Waals surface area contributed by atoms with E-state index in [0.29, 0.717) is 18.2 Å². The second-order valence-corrected chi connectivity index (χ2v) is 6.77. The zero-order valence-corrected chi connectivity index (χ0v) is 16.1. The number of nitrogens with one attached hydrogen (secondary N) is 2. The maximum atomic E-state index is 12.7. The summed E-state index contributed by atoms with van der Waals surface area (Å²) < 4.78 is 0. The van der Waals surface area contributed by atoms with E-state index < -0.39 is 0 Å². The van der Waals surface area contributed by atoms with Crippen LogP contribution in [0.15, 0.2) is 48.5 Å². The van der Waals surface area contributed by atoms with Crippen molar-refractivity contribution in [2.45, 2.75) is 34.2 Å². The molecular weight excluding hydrogens is 336 g/mol. The Hall–Kier alpha value is -3.21. The Balaban J connectivity index is 1.76. The van der Waals surface area contributed by atoms with Crippen molar-refractivity contribution in [1.29, 1.82) is 0 Å². The summed E-state index contributed by atoms with van der Waals surface area (Å²) in [6.07, 6.45) is 0. The lowest BCUT2D eigenvalue weighted by Gasteiger charge is -2.11. The third-order valence-electron chi connectivity index (χ3n) is 4.42.